The molecule has 0 aromatic rings. The minimum atomic E-state index is 0.318. The van der Waals surface area contributed by atoms with E-state index in [-0.39, 0.29) is 0 Å². The second-order valence-electron chi connectivity index (χ2n) is 2.97. The third-order valence-electron chi connectivity index (χ3n) is 1.77. The van der Waals surface area contributed by atoms with Crippen molar-refractivity contribution in [3.63, 3.8) is 0 Å². The van der Waals surface area contributed by atoms with E-state index in [1.165, 1.54) is 12.8 Å². The summed E-state index contributed by atoms with van der Waals surface area (Å²) in [5.74, 6) is 0. The Morgan fingerprint density at radius 3 is 2.33 bits per heavy atom. The van der Waals surface area contributed by atoms with Gasteiger partial charge in [-0.05, 0) is 45.2 Å². The van der Waals surface area contributed by atoms with Crippen molar-refractivity contribution in [2.75, 3.05) is 19.7 Å². The van der Waals surface area contributed by atoms with Crippen LogP contribution in [-0.2, 0) is 0 Å². The Labute approximate surface area is 75.7 Å². The van der Waals surface area contributed by atoms with Crippen LogP contribution in [0.1, 0.15) is 32.1 Å². The third-order valence-corrected chi connectivity index (χ3v) is 1.77. The van der Waals surface area contributed by atoms with Crippen molar-refractivity contribution in [1.29, 1.82) is 0 Å². The Hall–Kier alpha value is -0.340. The van der Waals surface area contributed by atoms with Crippen molar-refractivity contribution in [3.05, 3.63) is 12.7 Å². The zero-order valence-electron chi connectivity index (χ0n) is 7.89. The van der Waals surface area contributed by atoms with E-state index in [2.05, 4.69) is 11.9 Å². The van der Waals surface area contributed by atoms with Crippen molar-refractivity contribution in [2.45, 2.75) is 32.1 Å². The zero-order valence-corrected chi connectivity index (χ0v) is 7.89. The number of nitrogens with one attached hydrogen (secondary N) is 1. The molecule has 0 bridgehead atoms. The fourth-order valence-corrected chi connectivity index (χ4v) is 1.03. The molecule has 0 unspecified atom stereocenters. The molecule has 0 aliphatic carbocycles. The number of hydrogen-bond donors (Lipinski definition) is 2. The molecule has 2 heteroatoms. The zero-order chi connectivity index (χ0) is 9.07. The molecule has 0 spiro atoms. The average molecular weight is 171 g/mol. The summed E-state index contributed by atoms with van der Waals surface area (Å²) >= 11 is 0. The molecule has 0 atom stereocenters. The summed E-state index contributed by atoms with van der Waals surface area (Å²) in [5, 5.41) is 11.8. The second kappa shape index (κ2) is 10.7. The molecule has 72 valence electrons. The van der Waals surface area contributed by atoms with Crippen molar-refractivity contribution < 1.29 is 5.11 Å². The van der Waals surface area contributed by atoms with Gasteiger partial charge in [-0.2, -0.15) is 0 Å². The van der Waals surface area contributed by atoms with E-state index in [4.69, 9.17) is 5.11 Å². The topological polar surface area (TPSA) is 32.3 Å². The first-order valence-electron chi connectivity index (χ1n) is 4.84. The summed E-state index contributed by atoms with van der Waals surface area (Å²) in [7, 11) is 0. The minimum absolute atomic E-state index is 0.318. The van der Waals surface area contributed by atoms with E-state index in [1.807, 2.05) is 6.08 Å². The van der Waals surface area contributed by atoms with Crippen LogP contribution >= 0.6 is 0 Å². The normalized spacial score (nSPS) is 10.1. The van der Waals surface area contributed by atoms with Crippen LogP contribution in [0.4, 0.5) is 0 Å². The van der Waals surface area contributed by atoms with Crippen molar-refractivity contribution >= 4 is 0 Å². The number of aliphatic hydroxyl groups is 1. The fourth-order valence-electron chi connectivity index (χ4n) is 1.03. The Kier molecular flexibility index (Phi) is 10.4. The average Bonchev–Trinajstić information content (AvgIpc) is 2.10. The minimum Gasteiger partial charge on any atom is -0.396 e. The molecule has 2 N–H and O–H groups in total. The van der Waals surface area contributed by atoms with Crippen LogP contribution in [0.2, 0.25) is 0 Å². The first kappa shape index (κ1) is 11.7. The summed E-state index contributed by atoms with van der Waals surface area (Å²) in [4.78, 5) is 0. The van der Waals surface area contributed by atoms with E-state index in [9.17, 15) is 0 Å². The Balaban J connectivity index is 2.77. The van der Waals surface area contributed by atoms with Gasteiger partial charge in [0.15, 0.2) is 0 Å². The SMILES string of the molecule is C=CCCCCNCCCCO. The lowest BCUT2D eigenvalue weighted by Gasteiger charge is -2.02. The Bertz CT molecular complexity index is 93.8. The standard InChI is InChI=1S/C10H21NO/c1-2-3-4-5-8-11-9-6-7-10-12/h2,11-12H,1,3-10H2. The van der Waals surface area contributed by atoms with Gasteiger partial charge in [0, 0.05) is 6.61 Å². The highest BCUT2D eigenvalue weighted by atomic mass is 16.2. The van der Waals surface area contributed by atoms with Crippen LogP contribution in [0.25, 0.3) is 0 Å². The quantitative estimate of drug-likeness (QED) is 0.409. The molecule has 2 nitrogen and oxygen atoms in total. The van der Waals surface area contributed by atoms with Crippen LogP contribution in [0.3, 0.4) is 0 Å². The van der Waals surface area contributed by atoms with Crippen LogP contribution in [0, 0.1) is 0 Å². The molecule has 0 aliphatic rings. The van der Waals surface area contributed by atoms with Gasteiger partial charge in [-0.1, -0.05) is 6.08 Å². The molecule has 0 saturated carbocycles. The molecule has 12 heavy (non-hydrogen) atoms. The van der Waals surface area contributed by atoms with Crippen molar-refractivity contribution in [1.82, 2.24) is 5.32 Å². The summed E-state index contributed by atoms with van der Waals surface area (Å²) in [6.07, 6.45) is 7.54. The number of unbranched alkanes of at least 4 members (excludes halogenated alkanes) is 3. The van der Waals surface area contributed by atoms with E-state index in [1.54, 1.807) is 0 Å². The largest absolute Gasteiger partial charge is 0.396 e. The lowest BCUT2D eigenvalue weighted by atomic mass is 10.2. The molecule has 0 rings (SSSR count). The molecular weight excluding hydrogens is 150 g/mol. The van der Waals surface area contributed by atoms with E-state index < -0.39 is 0 Å². The van der Waals surface area contributed by atoms with Crippen LogP contribution in [0.15, 0.2) is 12.7 Å². The predicted molar refractivity (Wildman–Crippen MR) is 53.2 cm³/mol. The summed E-state index contributed by atoms with van der Waals surface area (Å²) < 4.78 is 0. The third kappa shape index (κ3) is 9.66. The van der Waals surface area contributed by atoms with Gasteiger partial charge in [0.2, 0.25) is 0 Å². The van der Waals surface area contributed by atoms with Crippen LogP contribution in [0.5, 0.6) is 0 Å². The van der Waals surface area contributed by atoms with Gasteiger partial charge in [0.05, 0.1) is 0 Å². The molecule has 0 radical (unpaired) electrons. The maximum atomic E-state index is 8.50. The first-order valence-corrected chi connectivity index (χ1v) is 4.84. The van der Waals surface area contributed by atoms with Gasteiger partial charge < -0.3 is 10.4 Å². The van der Waals surface area contributed by atoms with E-state index in [0.29, 0.717) is 6.61 Å². The number of rotatable bonds is 9. The Morgan fingerprint density at radius 1 is 1.08 bits per heavy atom. The van der Waals surface area contributed by atoms with Gasteiger partial charge in [-0.3, -0.25) is 0 Å². The highest BCUT2D eigenvalue weighted by Crippen LogP contribution is 1.93. The van der Waals surface area contributed by atoms with Gasteiger partial charge in [0.25, 0.3) is 0 Å². The Morgan fingerprint density at radius 2 is 1.75 bits per heavy atom. The smallest absolute Gasteiger partial charge is 0.0431 e. The van der Waals surface area contributed by atoms with E-state index in [0.717, 1.165) is 32.4 Å². The molecule has 0 aromatic carbocycles. The van der Waals surface area contributed by atoms with Crippen molar-refractivity contribution in [2.24, 2.45) is 0 Å². The molecule has 0 saturated heterocycles. The van der Waals surface area contributed by atoms with Gasteiger partial charge in [-0.25, -0.2) is 0 Å². The molecule has 0 aromatic heterocycles. The lowest BCUT2D eigenvalue weighted by Crippen LogP contribution is -2.16. The monoisotopic (exact) mass is 171 g/mol. The van der Waals surface area contributed by atoms with Gasteiger partial charge in [0.1, 0.15) is 0 Å². The number of aliphatic hydroxyl groups excluding tert-OH is 1. The predicted octanol–water partition coefficient (Wildman–Crippen LogP) is 1.70. The second-order valence-corrected chi connectivity index (χ2v) is 2.97. The maximum absolute atomic E-state index is 8.50. The first-order chi connectivity index (χ1) is 5.91. The number of hydrogen-bond acceptors (Lipinski definition) is 2. The summed E-state index contributed by atoms with van der Waals surface area (Å²) in [5.41, 5.74) is 0. The molecule has 0 fully saturated rings. The highest BCUT2D eigenvalue weighted by molar-refractivity contribution is 4.65. The maximum Gasteiger partial charge on any atom is 0.0431 e. The molecular formula is C10H21NO. The molecule has 0 aliphatic heterocycles. The van der Waals surface area contributed by atoms with Crippen LogP contribution in [-0.4, -0.2) is 24.8 Å². The van der Waals surface area contributed by atoms with Crippen molar-refractivity contribution in [3.8, 4) is 0 Å². The highest BCUT2D eigenvalue weighted by Gasteiger charge is 1.87. The molecule has 0 heterocycles. The lowest BCUT2D eigenvalue weighted by molar-refractivity contribution is 0.283. The number of allylic oxidation sites excluding steroid dienone is 1. The molecule has 0 amide bonds. The van der Waals surface area contributed by atoms with Gasteiger partial charge >= 0.3 is 0 Å². The van der Waals surface area contributed by atoms with Gasteiger partial charge in [-0.15, -0.1) is 6.58 Å². The summed E-state index contributed by atoms with van der Waals surface area (Å²) in [6, 6.07) is 0. The summed E-state index contributed by atoms with van der Waals surface area (Å²) in [6.45, 7) is 6.12. The van der Waals surface area contributed by atoms with Crippen LogP contribution < -0.4 is 5.32 Å². The van der Waals surface area contributed by atoms with E-state index >= 15 is 0 Å². The fraction of sp³-hybridized carbons (Fsp3) is 0.800.